The minimum absolute atomic E-state index is 0.0256. The molecule has 176 valence electrons. The van der Waals surface area contributed by atoms with Gasteiger partial charge in [0.1, 0.15) is 0 Å². The summed E-state index contributed by atoms with van der Waals surface area (Å²) >= 11 is 1.26. The number of carbonyl (C=O) groups is 1. The highest BCUT2D eigenvalue weighted by molar-refractivity contribution is 8.19. The minimum atomic E-state index is -0.423. The van der Waals surface area contributed by atoms with Gasteiger partial charge in [0.05, 0.1) is 34.4 Å². The topological polar surface area (TPSA) is 88.3 Å². The predicted molar refractivity (Wildman–Crippen MR) is 139 cm³/mol. The van der Waals surface area contributed by atoms with Crippen LogP contribution in [0.2, 0.25) is 0 Å². The maximum atomic E-state index is 13.6. The molecule has 0 unspecified atom stereocenters. The molecule has 2 aliphatic rings. The van der Waals surface area contributed by atoms with E-state index in [1.54, 1.807) is 17.0 Å². The number of amides is 1. The highest BCUT2D eigenvalue weighted by Crippen LogP contribution is 2.39. The Hall–Kier alpha value is -3.95. The second kappa shape index (κ2) is 10.1. The number of nitro benzene ring substituents is 1. The van der Waals surface area contributed by atoms with Gasteiger partial charge in [-0.15, -0.1) is 0 Å². The van der Waals surface area contributed by atoms with Crippen LogP contribution in [0, 0.1) is 10.1 Å². The Labute approximate surface area is 206 Å². The van der Waals surface area contributed by atoms with Crippen molar-refractivity contribution in [1.82, 2.24) is 0 Å². The van der Waals surface area contributed by atoms with E-state index in [2.05, 4.69) is 4.90 Å². The molecule has 2 fully saturated rings. The zero-order valence-electron chi connectivity index (χ0n) is 18.7. The van der Waals surface area contributed by atoms with Crippen LogP contribution in [0.1, 0.15) is 5.56 Å². The van der Waals surface area contributed by atoms with Gasteiger partial charge >= 0.3 is 0 Å². The van der Waals surface area contributed by atoms with Gasteiger partial charge in [0, 0.05) is 36.5 Å². The number of thioether (sulfide) groups is 1. The molecule has 0 aliphatic carbocycles. The number of benzene rings is 3. The van der Waals surface area contributed by atoms with Gasteiger partial charge in [-0.1, -0.05) is 36.4 Å². The number of carbonyl (C=O) groups excluding carboxylic acids is 1. The van der Waals surface area contributed by atoms with E-state index in [1.807, 2.05) is 60.7 Å². The molecule has 0 aromatic heterocycles. The van der Waals surface area contributed by atoms with Crippen molar-refractivity contribution in [2.45, 2.75) is 0 Å². The maximum Gasteiger partial charge on any atom is 0.271 e. The Balaban J connectivity index is 1.59. The lowest BCUT2D eigenvalue weighted by molar-refractivity contribution is -0.384. The van der Waals surface area contributed by atoms with Crippen LogP contribution < -0.4 is 9.80 Å². The number of rotatable bonds is 5. The summed E-state index contributed by atoms with van der Waals surface area (Å²) in [5.74, 6) is -0.227. The summed E-state index contributed by atoms with van der Waals surface area (Å²) in [5, 5.41) is 12.0. The SMILES string of the molecule is O=C1/C(=C\c2cc([N+](=O)[O-])ccc2N2CCOCC2)SC(=Nc2ccccc2)N1c1ccccc1. The largest absolute Gasteiger partial charge is 0.378 e. The third-order valence-electron chi connectivity index (χ3n) is 5.66. The Morgan fingerprint density at radius 1 is 0.971 bits per heavy atom. The lowest BCUT2D eigenvalue weighted by Crippen LogP contribution is -2.36. The smallest absolute Gasteiger partial charge is 0.271 e. The third-order valence-corrected chi connectivity index (χ3v) is 6.63. The van der Waals surface area contributed by atoms with Crippen LogP contribution in [0.5, 0.6) is 0 Å². The first kappa shape index (κ1) is 22.8. The Morgan fingerprint density at radius 3 is 2.34 bits per heavy atom. The number of ether oxygens (including phenoxy) is 1. The number of hydrogen-bond donors (Lipinski definition) is 0. The number of morpholine rings is 1. The number of aliphatic imine (C=N–C) groups is 1. The van der Waals surface area contributed by atoms with Gasteiger partial charge in [0.15, 0.2) is 5.17 Å². The van der Waals surface area contributed by atoms with E-state index >= 15 is 0 Å². The zero-order valence-corrected chi connectivity index (χ0v) is 19.6. The van der Waals surface area contributed by atoms with Gasteiger partial charge in [-0.3, -0.25) is 19.8 Å². The fraction of sp³-hybridized carbons (Fsp3) is 0.154. The highest BCUT2D eigenvalue weighted by atomic mass is 32.2. The van der Waals surface area contributed by atoms with Crippen LogP contribution in [0.15, 0.2) is 88.8 Å². The molecule has 5 rings (SSSR count). The van der Waals surface area contributed by atoms with Crippen molar-refractivity contribution >= 4 is 51.7 Å². The van der Waals surface area contributed by atoms with Crippen LogP contribution >= 0.6 is 11.8 Å². The molecule has 3 aromatic carbocycles. The van der Waals surface area contributed by atoms with E-state index in [0.29, 0.717) is 47.6 Å². The fourth-order valence-electron chi connectivity index (χ4n) is 3.97. The fourth-order valence-corrected chi connectivity index (χ4v) is 4.96. The first-order chi connectivity index (χ1) is 17.1. The summed E-state index contributed by atoms with van der Waals surface area (Å²) in [7, 11) is 0. The van der Waals surface area contributed by atoms with Crippen LogP contribution in [-0.4, -0.2) is 42.3 Å². The molecule has 1 amide bonds. The molecular formula is C26H22N4O4S. The van der Waals surface area contributed by atoms with Crippen molar-refractivity contribution in [2.75, 3.05) is 36.1 Å². The molecular weight excluding hydrogens is 464 g/mol. The molecule has 2 saturated heterocycles. The first-order valence-corrected chi connectivity index (χ1v) is 12.0. The molecule has 2 heterocycles. The van der Waals surface area contributed by atoms with Crippen LogP contribution in [0.4, 0.5) is 22.7 Å². The summed E-state index contributed by atoms with van der Waals surface area (Å²) in [5.41, 5.74) is 2.86. The first-order valence-electron chi connectivity index (χ1n) is 11.1. The standard InChI is InChI=1S/C26H22N4O4S/c31-25-24(18-19-17-22(30(32)33)11-12-23(19)28-13-15-34-16-14-28)35-26(27-20-7-3-1-4-8-20)29(25)21-9-5-2-6-10-21/h1-12,17-18H,13-16H2/b24-18+,27-26?. The lowest BCUT2D eigenvalue weighted by Gasteiger charge is -2.30. The number of nitrogens with zero attached hydrogens (tertiary/aromatic N) is 4. The number of para-hydroxylation sites is 2. The summed E-state index contributed by atoms with van der Waals surface area (Å²) in [6, 6.07) is 23.5. The van der Waals surface area contributed by atoms with Gasteiger partial charge in [-0.2, -0.15) is 0 Å². The van der Waals surface area contributed by atoms with Crippen LogP contribution in [0.25, 0.3) is 6.08 Å². The van der Waals surface area contributed by atoms with Crippen molar-refractivity contribution < 1.29 is 14.5 Å². The third kappa shape index (κ3) is 4.96. The van der Waals surface area contributed by atoms with E-state index in [-0.39, 0.29) is 11.6 Å². The van der Waals surface area contributed by atoms with Gasteiger partial charge in [0.2, 0.25) is 0 Å². The van der Waals surface area contributed by atoms with Crippen molar-refractivity contribution in [3.8, 4) is 0 Å². The average molecular weight is 487 g/mol. The molecule has 0 atom stereocenters. The summed E-state index contributed by atoms with van der Waals surface area (Å²) in [6.07, 6.45) is 1.73. The molecule has 2 aliphatic heterocycles. The second-order valence-corrected chi connectivity index (χ2v) is 8.93. The monoisotopic (exact) mass is 486 g/mol. The average Bonchev–Trinajstić information content (AvgIpc) is 3.19. The normalized spacial score (nSPS) is 18.5. The Morgan fingerprint density at radius 2 is 1.66 bits per heavy atom. The van der Waals surface area contributed by atoms with E-state index in [0.717, 1.165) is 11.4 Å². The number of nitro groups is 1. The molecule has 9 heteroatoms. The van der Waals surface area contributed by atoms with Crippen molar-refractivity contribution in [2.24, 2.45) is 4.99 Å². The van der Waals surface area contributed by atoms with Crippen LogP contribution in [0.3, 0.4) is 0 Å². The van der Waals surface area contributed by atoms with Crippen molar-refractivity contribution in [3.05, 3.63) is 99.4 Å². The molecule has 0 spiro atoms. The Kier molecular flexibility index (Phi) is 6.60. The molecule has 0 N–H and O–H groups in total. The Bertz CT molecular complexity index is 1310. The minimum Gasteiger partial charge on any atom is -0.378 e. The van der Waals surface area contributed by atoms with Gasteiger partial charge < -0.3 is 9.64 Å². The van der Waals surface area contributed by atoms with E-state index in [1.165, 1.54) is 23.9 Å². The van der Waals surface area contributed by atoms with Crippen molar-refractivity contribution in [1.29, 1.82) is 0 Å². The molecule has 0 bridgehead atoms. The second-order valence-electron chi connectivity index (χ2n) is 7.92. The van der Waals surface area contributed by atoms with Gasteiger partial charge in [-0.05, 0) is 48.2 Å². The number of amidine groups is 1. The number of non-ortho nitro benzene ring substituents is 1. The summed E-state index contributed by atoms with van der Waals surface area (Å²) in [4.78, 5) is 33.5. The summed E-state index contributed by atoms with van der Waals surface area (Å²) in [6.45, 7) is 2.50. The molecule has 8 nitrogen and oxygen atoms in total. The van der Waals surface area contributed by atoms with Crippen molar-refractivity contribution in [3.63, 3.8) is 0 Å². The quantitative estimate of drug-likeness (QED) is 0.278. The van der Waals surface area contributed by atoms with Gasteiger partial charge in [-0.25, -0.2) is 4.99 Å². The number of hydrogen-bond acceptors (Lipinski definition) is 7. The van der Waals surface area contributed by atoms with Crippen LogP contribution in [-0.2, 0) is 9.53 Å². The van der Waals surface area contributed by atoms with E-state index in [4.69, 9.17) is 9.73 Å². The van der Waals surface area contributed by atoms with E-state index in [9.17, 15) is 14.9 Å². The van der Waals surface area contributed by atoms with Gasteiger partial charge in [0.25, 0.3) is 11.6 Å². The maximum absolute atomic E-state index is 13.6. The molecule has 0 radical (unpaired) electrons. The molecule has 3 aromatic rings. The lowest BCUT2D eigenvalue weighted by atomic mass is 10.1. The summed E-state index contributed by atoms with van der Waals surface area (Å²) < 4.78 is 5.46. The zero-order chi connectivity index (χ0) is 24.2. The highest BCUT2D eigenvalue weighted by Gasteiger charge is 2.35. The van der Waals surface area contributed by atoms with E-state index < -0.39 is 4.92 Å². The number of anilines is 2. The molecule has 35 heavy (non-hydrogen) atoms. The molecule has 0 saturated carbocycles. The predicted octanol–water partition coefficient (Wildman–Crippen LogP) is 5.24.